The Morgan fingerprint density at radius 1 is 1.50 bits per heavy atom. The van der Waals surface area contributed by atoms with Gasteiger partial charge in [-0.05, 0) is 29.7 Å². The summed E-state index contributed by atoms with van der Waals surface area (Å²) in [5, 5.41) is 18.7. The van der Waals surface area contributed by atoms with Crippen molar-refractivity contribution in [2.24, 2.45) is 0 Å². The minimum Gasteiger partial charge on any atom is -0.396 e. The molecule has 2 nitrogen and oxygen atoms in total. The fourth-order valence-corrected chi connectivity index (χ4v) is 2.44. The molecule has 76 valence electrons. The van der Waals surface area contributed by atoms with Crippen molar-refractivity contribution in [3.63, 3.8) is 0 Å². The molecule has 0 heterocycles. The van der Waals surface area contributed by atoms with Gasteiger partial charge in [0.1, 0.15) is 5.82 Å². The van der Waals surface area contributed by atoms with Gasteiger partial charge < -0.3 is 10.2 Å². The Morgan fingerprint density at radius 3 is 2.86 bits per heavy atom. The topological polar surface area (TPSA) is 40.5 Å². The third-order valence-electron chi connectivity index (χ3n) is 2.62. The molecule has 0 aromatic heterocycles. The Kier molecular flexibility index (Phi) is 2.60. The summed E-state index contributed by atoms with van der Waals surface area (Å²) in [6.07, 6.45) is -0.256. The molecule has 0 radical (unpaired) electrons. The Morgan fingerprint density at radius 2 is 2.21 bits per heavy atom. The highest BCUT2D eigenvalue weighted by Crippen LogP contribution is 2.42. The first kappa shape index (κ1) is 10.1. The highest BCUT2D eigenvalue weighted by Gasteiger charge is 2.32. The maximum Gasteiger partial charge on any atom is 0.128 e. The molecule has 14 heavy (non-hydrogen) atoms. The molecule has 2 N–H and O–H groups in total. The molecule has 0 aliphatic heterocycles. The third kappa shape index (κ3) is 1.47. The summed E-state index contributed by atoms with van der Waals surface area (Å²) in [7, 11) is 0. The average Bonchev–Trinajstić information content (AvgIpc) is 2.43. The zero-order valence-corrected chi connectivity index (χ0v) is 8.96. The van der Waals surface area contributed by atoms with Crippen LogP contribution in [0, 0.1) is 5.82 Å². The van der Waals surface area contributed by atoms with Gasteiger partial charge in [0, 0.05) is 10.4 Å². The van der Waals surface area contributed by atoms with Crippen molar-refractivity contribution in [2.75, 3.05) is 6.61 Å². The molecule has 4 heteroatoms. The lowest BCUT2D eigenvalue weighted by Crippen LogP contribution is -2.01. The fraction of sp³-hybridized carbons (Fsp3) is 0.400. The number of rotatable bonds is 1. The molecule has 0 spiro atoms. The van der Waals surface area contributed by atoms with Crippen LogP contribution in [-0.4, -0.2) is 16.8 Å². The van der Waals surface area contributed by atoms with Gasteiger partial charge in [0.2, 0.25) is 0 Å². The van der Waals surface area contributed by atoms with Crippen molar-refractivity contribution in [1.82, 2.24) is 0 Å². The molecule has 1 aromatic carbocycles. The summed E-state index contributed by atoms with van der Waals surface area (Å²) in [6.45, 7) is -0.122. The highest BCUT2D eigenvalue weighted by molar-refractivity contribution is 9.10. The summed E-state index contributed by atoms with van der Waals surface area (Å²) in [5.74, 6) is -0.627. The van der Waals surface area contributed by atoms with Crippen LogP contribution >= 0.6 is 15.9 Å². The maximum absolute atomic E-state index is 13.5. The number of hydrogen-bond acceptors (Lipinski definition) is 2. The van der Waals surface area contributed by atoms with Crippen molar-refractivity contribution >= 4 is 15.9 Å². The lowest BCUT2D eigenvalue weighted by molar-refractivity contribution is 0.158. The first-order valence-electron chi connectivity index (χ1n) is 4.41. The van der Waals surface area contributed by atoms with Gasteiger partial charge in [0.05, 0.1) is 12.7 Å². The minimum absolute atomic E-state index is 0.122. The van der Waals surface area contributed by atoms with E-state index in [2.05, 4.69) is 15.9 Å². The fourth-order valence-electron chi connectivity index (χ4n) is 1.99. The smallest absolute Gasteiger partial charge is 0.128 e. The maximum atomic E-state index is 13.5. The Balaban J connectivity index is 2.56. The predicted octanol–water partition coefficient (Wildman–Crippen LogP) is 2.10. The first-order chi connectivity index (χ1) is 6.63. The Bertz CT molecular complexity index is 367. The monoisotopic (exact) mass is 260 g/mol. The zero-order chi connectivity index (χ0) is 10.3. The van der Waals surface area contributed by atoms with Crippen LogP contribution < -0.4 is 0 Å². The summed E-state index contributed by atoms with van der Waals surface area (Å²) >= 11 is 3.17. The lowest BCUT2D eigenvalue weighted by atomic mass is 10.0. The van der Waals surface area contributed by atoms with E-state index in [1.807, 2.05) is 0 Å². The van der Waals surface area contributed by atoms with E-state index in [1.165, 1.54) is 6.07 Å². The van der Waals surface area contributed by atoms with Crippen LogP contribution in [0.3, 0.4) is 0 Å². The third-order valence-corrected chi connectivity index (χ3v) is 3.08. The molecular formula is C10H10BrFO2. The minimum atomic E-state index is -0.658. The number of benzene rings is 1. The van der Waals surface area contributed by atoms with Gasteiger partial charge in [-0.1, -0.05) is 15.9 Å². The number of fused-ring (bicyclic) bond motifs is 1. The summed E-state index contributed by atoms with van der Waals surface area (Å²) in [5.41, 5.74) is 1.05. The molecule has 2 rings (SSSR count). The molecule has 0 bridgehead atoms. The summed E-state index contributed by atoms with van der Waals surface area (Å²) in [6, 6.07) is 3.07. The number of hydrogen-bond donors (Lipinski definition) is 2. The van der Waals surface area contributed by atoms with Crippen molar-refractivity contribution in [2.45, 2.75) is 18.4 Å². The molecule has 1 aliphatic rings. The Labute approximate surface area is 89.5 Å². The van der Waals surface area contributed by atoms with Crippen molar-refractivity contribution in [3.8, 4) is 0 Å². The van der Waals surface area contributed by atoms with E-state index in [9.17, 15) is 9.50 Å². The predicted molar refractivity (Wildman–Crippen MR) is 53.5 cm³/mol. The second-order valence-electron chi connectivity index (χ2n) is 3.52. The number of halogens is 2. The van der Waals surface area contributed by atoms with Gasteiger partial charge in [-0.3, -0.25) is 0 Å². The number of aliphatic hydroxyl groups is 2. The van der Waals surface area contributed by atoms with Crippen molar-refractivity contribution in [3.05, 3.63) is 33.5 Å². The molecule has 0 saturated carbocycles. The van der Waals surface area contributed by atoms with E-state index < -0.39 is 6.10 Å². The molecular weight excluding hydrogens is 251 g/mol. The number of aliphatic hydroxyl groups excluding tert-OH is 2. The normalized spacial score (nSPS) is 25.1. The molecule has 0 unspecified atom stereocenters. The molecule has 1 aliphatic carbocycles. The molecule has 0 amide bonds. The zero-order valence-electron chi connectivity index (χ0n) is 7.37. The van der Waals surface area contributed by atoms with Gasteiger partial charge in [-0.25, -0.2) is 4.39 Å². The van der Waals surface area contributed by atoms with Crippen molar-refractivity contribution in [1.29, 1.82) is 0 Å². The van der Waals surface area contributed by atoms with Crippen LogP contribution in [0.4, 0.5) is 4.39 Å². The van der Waals surface area contributed by atoms with Gasteiger partial charge in [0.25, 0.3) is 0 Å². The van der Waals surface area contributed by atoms with Crippen molar-refractivity contribution < 1.29 is 14.6 Å². The second-order valence-corrected chi connectivity index (χ2v) is 4.44. The molecule has 0 saturated heterocycles. The summed E-state index contributed by atoms with van der Waals surface area (Å²) in [4.78, 5) is 0. The quantitative estimate of drug-likeness (QED) is 0.812. The largest absolute Gasteiger partial charge is 0.396 e. The van der Waals surface area contributed by atoms with Gasteiger partial charge in [-0.15, -0.1) is 0 Å². The van der Waals surface area contributed by atoms with Crippen LogP contribution in [-0.2, 0) is 0 Å². The van der Waals surface area contributed by atoms with E-state index in [0.717, 1.165) is 0 Å². The SMILES string of the molecule is OC[C@H]1C[C@@H](O)c2cc(Br)cc(F)c21. The van der Waals surface area contributed by atoms with Gasteiger partial charge in [0.15, 0.2) is 0 Å². The van der Waals surface area contributed by atoms with Crippen LogP contribution in [0.25, 0.3) is 0 Å². The van der Waals surface area contributed by atoms with E-state index in [4.69, 9.17) is 5.11 Å². The van der Waals surface area contributed by atoms with Gasteiger partial charge >= 0.3 is 0 Å². The Hall–Kier alpha value is -0.450. The van der Waals surface area contributed by atoms with Crippen LogP contribution in [0.5, 0.6) is 0 Å². The lowest BCUT2D eigenvalue weighted by Gasteiger charge is -2.08. The van der Waals surface area contributed by atoms with E-state index in [0.29, 0.717) is 22.0 Å². The van der Waals surface area contributed by atoms with Gasteiger partial charge in [-0.2, -0.15) is 0 Å². The van der Waals surface area contributed by atoms with Crippen LogP contribution in [0.1, 0.15) is 29.6 Å². The van der Waals surface area contributed by atoms with E-state index in [1.54, 1.807) is 6.07 Å². The first-order valence-corrected chi connectivity index (χ1v) is 5.20. The van der Waals surface area contributed by atoms with Crippen LogP contribution in [0.2, 0.25) is 0 Å². The van der Waals surface area contributed by atoms with E-state index in [-0.39, 0.29) is 18.3 Å². The van der Waals surface area contributed by atoms with E-state index >= 15 is 0 Å². The second kappa shape index (κ2) is 3.61. The van der Waals surface area contributed by atoms with Crippen LogP contribution in [0.15, 0.2) is 16.6 Å². The molecule has 0 fully saturated rings. The average molecular weight is 261 g/mol. The molecule has 2 atom stereocenters. The molecule has 1 aromatic rings. The summed E-state index contributed by atoms with van der Waals surface area (Å²) < 4.78 is 14.1. The highest BCUT2D eigenvalue weighted by atomic mass is 79.9. The standard InChI is InChI=1S/C10H10BrFO2/c11-6-2-7-9(14)1-5(4-13)10(7)8(12)3-6/h2-3,5,9,13-14H,1,4H2/t5-,9-/m1/s1.